The topological polar surface area (TPSA) is 3.24 Å². The van der Waals surface area contributed by atoms with Crippen molar-refractivity contribution in [1.29, 1.82) is 0 Å². The first-order valence-corrected chi connectivity index (χ1v) is 7.80. The summed E-state index contributed by atoms with van der Waals surface area (Å²) in [6.07, 6.45) is 5.46. The molecule has 0 fully saturated rings. The minimum atomic E-state index is 0.267. The van der Waals surface area contributed by atoms with Crippen molar-refractivity contribution in [3.63, 3.8) is 0 Å². The van der Waals surface area contributed by atoms with Crippen LogP contribution >= 0.6 is 0 Å². The molecular weight excluding hydrogens is 230 g/mol. The second kappa shape index (κ2) is 4.63. The van der Waals surface area contributed by atoms with Crippen molar-refractivity contribution in [3.05, 3.63) is 34.4 Å². The van der Waals surface area contributed by atoms with E-state index in [0.29, 0.717) is 0 Å². The van der Waals surface area contributed by atoms with Gasteiger partial charge in [-0.3, -0.25) is 0 Å². The first kappa shape index (κ1) is 13.2. The predicted molar refractivity (Wildman–Crippen MR) is 81.8 cm³/mol. The van der Waals surface area contributed by atoms with Crippen molar-refractivity contribution in [3.8, 4) is 0 Å². The van der Waals surface area contributed by atoms with Crippen LogP contribution in [0.2, 0.25) is 0 Å². The van der Waals surface area contributed by atoms with Gasteiger partial charge in [0.15, 0.2) is 0 Å². The van der Waals surface area contributed by atoms with Crippen LogP contribution < -0.4 is 0 Å². The molecule has 0 aromatic heterocycles. The zero-order valence-corrected chi connectivity index (χ0v) is 12.9. The molecule has 0 amide bonds. The Morgan fingerprint density at radius 1 is 1.11 bits per heavy atom. The maximum Gasteiger partial charge on any atom is 0.0233 e. The van der Waals surface area contributed by atoms with Gasteiger partial charge in [0.05, 0.1) is 0 Å². The van der Waals surface area contributed by atoms with Gasteiger partial charge in [-0.15, -0.1) is 0 Å². The molecule has 1 nitrogen and oxygen atoms in total. The van der Waals surface area contributed by atoms with Crippen molar-refractivity contribution in [1.82, 2.24) is 4.90 Å². The molecule has 0 saturated carbocycles. The van der Waals surface area contributed by atoms with Gasteiger partial charge in [0.2, 0.25) is 0 Å². The summed E-state index contributed by atoms with van der Waals surface area (Å²) in [6, 6.07) is 5.01. The summed E-state index contributed by atoms with van der Waals surface area (Å²) < 4.78 is 0. The normalized spacial score (nSPS) is 23.9. The molecule has 0 radical (unpaired) electrons. The van der Waals surface area contributed by atoms with E-state index in [1.807, 2.05) is 0 Å². The number of hydrogen-bond acceptors (Lipinski definition) is 1. The fraction of sp³-hybridized carbons (Fsp3) is 0.667. The summed E-state index contributed by atoms with van der Waals surface area (Å²) in [7, 11) is 2.28. The van der Waals surface area contributed by atoms with Crippen LogP contribution in [-0.2, 0) is 18.4 Å². The van der Waals surface area contributed by atoms with Crippen LogP contribution in [0.5, 0.6) is 0 Å². The molecule has 1 aliphatic carbocycles. The molecule has 0 saturated heterocycles. The van der Waals surface area contributed by atoms with Crippen molar-refractivity contribution in [2.75, 3.05) is 13.6 Å². The van der Waals surface area contributed by atoms with Crippen molar-refractivity contribution < 1.29 is 0 Å². The molecule has 3 rings (SSSR count). The summed E-state index contributed by atoms with van der Waals surface area (Å²) in [5.41, 5.74) is 6.80. The molecule has 1 heteroatoms. The molecule has 0 N–H and O–H groups in total. The number of rotatable bonds is 0. The molecule has 1 aliphatic heterocycles. The van der Waals surface area contributed by atoms with Crippen molar-refractivity contribution in [2.45, 2.75) is 64.3 Å². The molecule has 19 heavy (non-hydrogen) atoms. The lowest BCUT2D eigenvalue weighted by Crippen LogP contribution is -2.31. The molecular formula is C18H27N. The van der Waals surface area contributed by atoms with Crippen LogP contribution in [0.25, 0.3) is 0 Å². The van der Waals surface area contributed by atoms with Gasteiger partial charge in [-0.2, -0.15) is 0 Å². The summed E-state index contributed by atoms with van der Waals surface area (Å²) in [6.45, 7) is 9.41. The van der Waals surface area contributed by atoms with Crippen LogP contribution in [0.3, 0.4) is 0 Å². The Labute approximate surface area is 118 Å². The fourth-order valence-corrected chi connectivity index (χ4v) is 3.84. The Kier molecular flexibility index (Phi) is 3.21. The highest BCUT2D eigenvalue weighted by Crippen LogP contribution is 2.39. The molecule has 1 heterocycles. The monoisotopic (exact) mass is 257 g/mol. The van der Waals surface area contributed by atoms with Crippen LogP contribution in [0.1, 0.15) is 68.2 Å². The van der Waals surface area contributed by atoms with Gasteiger partial charge in [-0.05, 0) is 59.9 Å². The standard InChI is InChI=1S/C18H27N/c1-18(2,3)16-9-13-7-5-6-8-14-11-19(4)12-15(10-16)17(13)14/h9-10,14H,5-8,11-12H2,1-4H3/t14-/m0/s1. The number of likely N-dealkylation sites (N-methyl/N-ethyl adjacent to an activating group) is 1. The molecule has 104 valence electrons. The van der Waals surface area contributed by atoms with Gasteiger partial charge in [0.1, 0.15) is 0 Å². The smallest absolute Gasteiger partial charge is 0.0233 e. The highest BCUT2D eigenvalue weighted by Gasteiger charge is 2.29. The molecule has 0 unspecified atom stereocenters. The molecule has 1 aromatic rings. The van der Waals surface area contributed by atoms with E-state index in [2.05, 4.69) is 44.9 Å². The van der Waals surface area contributed by atoms with E-state index in [1.54, 1.807) is 16.7 Å². The maximum atomic E-state index is 2.52. The van der Waals surface area contributed by atoms with E-state index in [0.717, 1.165) is 12.5 Å². The van der Waals surface area contributed by atoms with Gasteiger partial charge >= 0.3 is 0 Å². The second-order valence-electron chi connectivity index (χ2n) is 7.60. The Morgan fingerprint density at radius 3 is 2.58 bits per heavy atom. The highest BCUT2D eigenvalue weighted by molar-refractivity contribution is 5.45. The van der Waals surface area contributed by atoms with E-state index in [9.17, 15) is 0 Å². The fourth-order valence-electron chi connectivity index (χ4n) is 3.84. The lowest BCUT2D eigenvalue weighted by Gasteiger charge is -2.34. The average molecular weight is 257 g/mol. The van der Waals surface area contributed by atoms with E-state index in [-0.39, 0.29) is 5.41 Å². The zero-order valence-electron chi connectivity index (χ0n) is 12.9. The van der Waals surface area contributed by atoms with E-state index >= 15 is 0 Å². The lowest BCUT2D eigenvalue weighted by atomic mass is 9.79. The third-order valence-electron chi connectivity index (χ3n) is 4.85. The highest BCUT2D eigenvalue weighted by atomic mass is 15.1. The summed E-state index contributed by atoms with van der Waals surface area (Å²) in [5.74, 6) is 0.792. The zero-order chi connectivity index (χ0) is 13.6. The third-order valence-corrected chi connectivity index (χ3v) is 4.85. The number of benzene rings is 1. The maximum absolute atomic E-state index is 2.52. The van der Waals surface area contributed by atoms with E-state index in [1.165, 1.54) is 37.8 Å². The van der Waals surface area contributed by atoms with Crippen LogP contribution in [-0.4, -0.2) is 18.5 Å². The minimum Gasteiger partial charge on any atom is -0.301 e. The number of nitrogens with zero attached hydrogens (tertiary/aromatic N) is 1. The SMILES string of the molecule is CN1Cc2cc(C(C)(C)C)cc3c2[C@@H](CCCC3)C1. The van der Waals surface area contributed by atoms with E-state index in [4.69, 9.17) is 0 Å². The second-order valence-corrected chi connectivity index (χ2v) is 7.60. The minimum absolute atomic E-state index is 0.267. The van der Waals surface area contributed by atoms with Crippen LogP contribution in [0.4, 0.5) is 0 Å². The summed E-state index contributed by atoms with van der Waals surface area (Å²) >= 11 is 0. The number of hydrogen-bond donors (Lipinski definition) is 0. The van der Waals surface area contributed by atoms with Gasteiger partial charge < -0.3 is 4.90 Å². The molecule has 0 spiro atoms. The van der Waals surface area contributed by atoms with Gasteiger partial charge in [0, 0.05) is 13.1 Å². The quantitative estimate of drug-likeness (QED) is 0.672. The van der Waals surface area contributed by atoms with Gasteiger partial charge in [-0.1, -0.05) is 39.3 Å². The van der Waals surface area contributed by atoms with Crippen molar-refractivity contribution >= 4 is 0 Å². The Morgan fingerprint density at radius 2 is 1.84 bits per heavy atom. The Bertz CT molecular complexity index is 481. The predicted octanol–water partition coefficient (Wildman–Crippen LogP) is 4.24. The Balaban J connectivity index is 2.14. The van der Waals surface area contributed by atoms with Gasteiger partial charge in [0.25, 0.3) is 0 Å². The van der Waals surface area contributed by atoms with E-state index < -0.39 is 0 Å². The van der Waals surface area contributed by atoms with Gasteiger partial charge in [-0.25, -0.2) is 0 Å². The molecule has 1 aromatic carbocycles. The number of aryl methyl sites for hydroxylation is 1. The molecule has 2 aliphatic rings. The van der Waals surface area contributed by atoms with Crippen LogP contribution in [0.15, 0.2) is 12.1 Å². The van der Waals surface area contributed by atoms with Crippen molar-refractivity contribution in [2.24, 2.45) is 0 Å². The van der Waals surface area contributed by atoms with Crippen LogP contribution in [0, 0.1) is 0 Å². The first-order chi connectivity index (χ1) is 8.95. The lowest BCUT2D eigenvalue weighted by molar-refractivity contribution is 0.274. The third kappa shape index (κ3) is 2.45. The summed E-state index contributed by atoms with van der Waals surface area (Å²) in [4.78, 5) is 2.51. The summed E-state index contributed by atoms with van der Waals surface area (Å²) in [5, 5.41) is 0. The Hall–Kier alpha value is -0.820. The largest absolute Gasteiger partial charge is 0.301 e. The first-order valence-electron chi connectivity index (χ1n) is 7.80. The molecule has 0 bridgehead atoms. The molecule has 1 atom stereocenters. The average Bonchev–Trinajstić information content (AvgIpc) is 2.51.